The van der Waals surface area contributed by atoms with Crippen molar-refractivity contribution in [2.45, 2.75) is 32.6 Å². The highest BCUT2D eigenvalue weighted by atomic mass is 16.4. The van der Waals surface area contributed by atoms with Crippen molar-refractivity contribution in [3.8, 4) is 0 Å². The van der Waals surface area contributed by atoms with Gasteiger partial charge in [0, 0.05) is 16.7 Å². The molecule has 1 aromatic carbocycles. The van der Waals surface area contributed by atoms with Crippen LogP contribution in [-0.4, -0.2) is 16.9 Å². The molecule has 94 valence electrons. The molecule has 1 aliphatic carbocycles. The summed E-state index contributed by atoms with van der Waals surface area (Å²) in [5, 5.41) is 9.14. The van der Waals surface area contributed by atoms with Gasteiger partial charge in [0.15, 0.2) is 5.78 Å². The SMILES string of the molecule is Cc1ccc(C(=O)C2=C(C(=O)O)CCCC2)cc1. The van der Waals surface area contributed by atoms with Gasteiger partial charge in [-0.05, 0) is 32.6 Å². The highest BCUT2D eigenvalue weighted by Gasteiger charge is 2.24. The second kappa shape index (κ2) is 5.17. The molecule has 0 aliphatic heterocycles. The van der Waals surface area contributed by atoms with Crippen LogP contribution < -0.4 is 0 Å². The molecule has 1 N–H and O–H groups in total. The second-order valence-electron chi connectivity index (χ2n) is 4.66. The molecule has 0 heterocycles. The Hall–Kier alpha value is -1.90. The average molecular weight is 244 g/mol. The van der Waals surface area contributed by atoms with Crippen LogP contribution in [-0.2, 0) is 4.79 Å². The minimum absolute atomic E-state index is 0.132. The number of carbonyl (C=O) groups excluding carboxylic acids is 1. The molecule has 1 aromatic rings. The van der Waals surface area contributed by atoms with E-state index in [1.165, 1.54) is 0 Å². The molecule has 0 saturated heterocycles. The third-order valence-corrected chi connectivity index (χ3v) is 3.31. The van der Waals surface area contributed by atoms with Gasteiger partial charge in [0.25, 0.3) is 0 Å². The molecule has 0 atom stereocenters. The number of carboxylic acids is 1. The quantitative estimate of drug-likeness (QED) is 0.831. The zero-order chi connectivity index (χ0) is 13.1. The van der Waals surface area contributed by atoms with Crippen molar-refractivity contribution < 1.29 is 14.7 Å². The van der Waals surface area contributed by atoms with Crippen LogP contribution in [0.4, 0.5) is 0 Å². The van der Waals surface area contributed by atoms with Gasteiger partial charge >= 0.3 is 5.97 Å². The van der Waals surface area contributed by atoms with Gasteiger partial charge in [0.2, 0.25) is 0 Å². The lowest BCUT2D eigenvalue weighted by molar-refractivity contribution is -0.133. The van der Waals surface area contributed by atoms with Crippen molar-refractivity contribution in [1.82, 2.24) is 0 Å². The molecule has 3 heteroatoms. The molecule has 0 saturated carbocycles. The fraction of sp³-hybridized carbons (Fsp3) is 0.333. The highest BCUT2D eigenvalue weighted by Crippen LogP contribution is 2.27. The number of aliphatic carboxylic acids is 1. The number of hydrogen-bond donors (Lipinski definition) is 1. The van der Waals surface area contributed by atoms with E-state index >= 15 is 0 Å². The van der Waals surface area contributed by atoms with E-state index in [1.807, 2.05) is 19.1 Å². The zero-order valence-electron chi connectivity index (χ0n) is 10.4. The average Bonchev–Trinajstić information content (AvgIpc) is 2.39. The molecule has 3 nitrogen and oxygen atoms in total. The van der Waals surface area contributed by atoms with Gasteiger partial charge in [0.05, 0.1) is 0 Å². The topological polar surface area (TPSA) is 54.4 Å². The number of ketones is 1. The van der Waals surface area contributed by atoms with Crippen LogP contribution in [0.3, 0.4) is 0 Å². The molecule has 1 aliphatic rings. The smallest absolute Gasteiger partial charge is 0.331 e. The number of carboxylic acid groups (broad SMARTS) is 1. The highest BCUT2D eigenvalue weighted by molar-refractivity contribution is 6.12. The van der Waals surface area contributed by atoms with Crippen LogP contribution in [0.15, 0.2) is 35.4 Å². The summed E-state index contributed by atoms with van der Waals surface area (Å²) >= 11 is 0. The Labute approximate surface area is 106 Å². The third kappa shape index (κ3) is 2.50. The van der Waals surface area contributed by atoms with Crippen LogP contribution >= 0.6 is 0 Å². The number of hydrogen-bond acceptors (Lipinski definition) is 2. The van der Waals surface area contributed by atoms with Gasteiger partial charge in [-0.3, -0.25) is 4.79 Å². The first-order valence-electron chi connectivity index (χ1n) is 6.16. The van der Waals surface area contributed by atoms with E-state index < -0.39 is 5.97 Å². The first-order valence-corrected chi connectivity index (χ1v) is 6.16. The lowest BCUT2D eigenvalue weighted by Crippen LogP contribution is -2.15. The third-order valence-electron chi connectivity index (χ3n) is 3.31. The maximum atomic E-state index is 12.3. The zero-order valence-corrected chi connectivity index (χ0v) is 10.4. The molecule has 0 bridgehead atoms. The summed E-state index contributed by atoms with van der Waals surface area (Å²) in [5.74, 6) is -1.09. The van der Waals surface area contributed by atoms with Gasteiger partial charge in [0.1, 0.15) is 0 Å². The van der Waals surface area contributed by atoms with Crippen molar-refractivity contribution in [3.63, 3.8) is 0 Å². The number of Topliss-reactive ketones (excluding diaryl/α,β-unsaturated/α-hetero) is 1. The van der Waals surface area contributed by atoms with Crippen molar-refractivity contribution in [2.75, 3.05) is 0 Å². The molecule has 0 radical (unpaired) electrons. The molecule has 0 unspecified atom stereocenters. The Morgan fingerprint density at radius 3 is 2.11 bits per heavy atom. The summed E-state index contributed by atoms with van der Waals surface area (Å²) in [7, 11) is 0. The van der Waals surface area contributed by atoms with E-state index in [9.17, 15) is 9.59 Å². The van der Waals surface area contributed by atoms with Crippen LogP contribution in [0.1, 0.15) is 41.6 Å². The fourth-order valence-electron chi connectivity index (χ4n) is 2.27. The van der Waals surface area contributed by atoms with E-state index in [1.54, 1.807) is 12.1 Å². The van der Waals surface area contributed by atoms with Gasteiger partial charge in [-0.25, -0.2) is 4.79 Å². The monoisotopic (exact) mass is 244 g/mol. The van der Waals surface area contributed by atoms with Crippen LogP contribution in [0.5, 0.6) is 0 Å². The standard InChI is InChI=1S/C15H16O3/c1-10-6-8-11(9-7-10)14(16)12-4-2-3-5-13(12)15(17)18/h6-9H,2-5H2,1H3,(H,17,18). The number of benzene rings is 1. The van der Waals surface area contributed by atoms with E-state index in [0.29, 0.717) is 29.6 Å². The minimum atomic E-state index is -0.954. The molecule has 0 spiro atoms. The maximum Gasteiger partial charge on any atom is 0.331 e. The molecular weight excluding hydrogens is 228 g/mol. The van der Waals surface area contributed by atoms with E-state index in [-0.39, 0.29) is 5.78 Å². The Kier molecular flexibility index (Phi) is 3.60. The van der Waals surface area contributed by atoms with Crippen molar-refractivity contribution in [1.29, 1.82) is 0 Å². The number of allylic oxidation sites excluding steroid dienone is 1. The minimum Gasteiger partial charge on any atom is -0.478 e. The Morgan fingerprint density at radius 2 is 1.56 bits per heavy atom. The van der Waals surface area contributed by atoms with Crippen LogP contribution in [0.25, 0.3) is 0 Å². The second-order valence-corrected chi connectivity index (χ2v) is 4.66. The predicted molar refractivity (Wildman–Crippen MR) is 68.6 cm³/mol. The van der Waals surface area contributed by atoms with Crippen LogP contribution in [0.2, 0.25) is 0 Å². The molecule has 0 amide bonds. The number of carbonyl (C=O) groups is 2. The lowest BCUT2D eigenvalue weighted by Gasteiger charge is -2.16. The van der Waals surface area contributed by atoms with Gasteiger partial charge in [-0.1, -0.05) is 29.8 Å². The van der Waals surface area contributed by atoms with E-state index in [4.69, 9.17) is 5.11 Å². The Bertz CT molecular complexity index is 509. The van der Waals surface area contributed by atoms with E-state index in [2.05, 4.69) is 0 Å². The molecule has 0 aromatic heterocycles. The summed E-state index contributed by atoms with van der Waals surface area (Å²) in [6.45, 7) is 1.96. The summed E-state index contributed by atoms with van der Waals surface area (Å²) < 4.78 is 0. The van der Waals surface area contributed by atoms with Gasteiger partial charge < -0.3 is 5.11 Å². The molecular formula is C15H16O3. The lowest BCUT2D eigenvalue weighted by atomic mass is 9.87. The normalized spacial score (nSPS) is 15.6. The summed E-state index contributed by atoms with van der Waals surface area (Å²) in [6, 6.07) is 7.27. The number of aryl methyl sites for hydroxylation is 1. The van der Waals surface area contributed by atoms with Crippen molar-refractivity contribution in [3.05, 3.63) is 46.5 Å². The Morgan fingerprint density at radius 1 is 1.00 bits per heavy atom. The van der Waals surface area contributed by atoms with Gasteiger partial charge in [-0.2, -0.15) is 0 Å². The van der Waals surface area contributed by atoms with Crippen molar-refractivity contribution >= 4 is 11.8 Å². The maximum absolute atomic E-state index is 12.3. The first-order chi connectivity index (χ1) is 8.59. The summed E-state index contributed by atoms with van der Waals surface area (Å²) in [6.07, 6.45) is 2.83. The Balaban J connectivity index is 2.37. The number of rotatable bonds is 3. The fourth-order valence-corrected chi connectivity index (χ4v) is 2.27. The van der Waals surface area contributed by atoms with Gasteiger partial charge in [-0.15, -0.1) is 0 Å². The predicted octanol–water partition coefficient (Wildman–Crippen LogP) is 3.13. The van der Waals surface area contributed by atoms with E-state index in [0.717, 1.165) is 18.4 Å². The summed E-state index contributed by atoms with van der Waals surface area (Å²) in [5.41, 5.74) is 2.45. The van der Waals surface area contributed by atoms with Crippen LogP contribution in [0, 0.1) is 6.92 Å². The molecule has 2 rings (SSSR count). The largest absolute Gasteiger partial charge is 0.478 e. The molecule has 0 fully saturated rings. The molecule has 18 heavy (non-hydrogen) atoms. The first kappa shape index (κ1) is 12.6. The summed E-state index contributed by atoms with van der Waals surface area (Å²) in [4.78, 5) is 23.4. The van der Waals surface area contributed by atoms with Crippen molar-refractivity contribution in [2.24, 2.45) is 0 Å².